The molecule has 0 aliphatic carbocycles. The summed E-state index contributed by atoms with van der Waals surface area (Å²) in [5, 5.41) is 0. The maximum absolute atomic E-state index is 13.2. The number of allylic oxidation sites excluding steroid dienone is 2. The highest BCUT2D eigenvalue weighted by atomic mass is 32.2. The lowest BCUT2D eigenvalue weighted by atomic mass is 10.1. The standard InChI is InChI=1S/C23H20FNO4S/c1-28-22(26)18-7-5-6-14-25(21(18)23(27)29-2)19-8-3-4-9-20(19)30-15-16-10-12-17(24)13-11-16/h3-14H,15H2,1-2H3. The van der Waals surface area contributed by atoms with Crippen molar-refractivity contribution in [3.8, 4) is 0 Å². The molecule has 1 aliphatic rings. The molecule has 2 aromatic carbocycles. The molecule has 1 aliphatic heterocycles. The van der Waals surface area contributed by atoms with Gasteiger partial charge in [-0.25, -0.2) is 14.0 Å². The van der Waals surface area contributed by atoms with Gasteiger partial charge in [-0.3, -0.25) is 0 Å². The van der Waals surface area contributed by atoms with Crippen LogP contribution in [0.5, 0.6) is 0 Å². The van der Waals surface area contributed by atoms with Crippen LogP contribution in [0.1, 0.15) is 5.56 Å². The molecule has 30 heavy (non-hydrogen) atoms. The maximum Gasteiger partial charge on any atom is 0.355 e. The van der Waals surface area contributed by atoms with Crippen LogP contribution >= 0.6 is 11.8 Å². The third-order valence-corrected chi connectivity index (χ3v) is 5.46. The molecule has 1 heterocycles. The summed E-state index contributed by atoms with van der Waals surface area (Å²) in [5.74, 6) is -0.981. The van der Waals surface area contributed by atoms with Gasteiger partial charge in [0.1, 0.15) is 11.5 Å². The van der Waals surface area contributed by atoms with Gasteiger partial charge in [0.15, 0.2) is 0 Å². The van der Waals surface area contributed by atoms with Gasteiger partial charge in [0, 0.05) is 16.8 Å². The van der Waals surface area contributed by atoms with Gasteiger partial charge < -0.3 is 14.4 Å². The molecule has 3 rings (SSSR count). The van der Waals surface area contributed by atoms with Gasteiger partial charge in [0.2, 0.25) is 0 Å². The first-order valence-corrected chi connectivity index (χ1v) is 10.0. The summed E-state index contributed by atoms with van der Waals surface area (Å²) in [6.45, 7) is 0. The molecule has 0 aromatic heterocycles. The van der Waals surface area contributed by atoms with Crippen molar-refractivity contribution in [1.82, 2.24) is 0 Å². The van der Waals surface area contributed by atoms with Crippen LogP contribution in [0, 0.1) is 5.82 Å². The zero-order valence-corrected chi connectivity index (χ0v) is 17.3. The zero-order chi connectivity index (χ0) is 21.5. The second-order valence-electron chi connectivity index (χ2n) is 6.20. The van der Waals surface area contributed by atoms with E-state index in [0.717, 1.165) is 10.5 Å². The smallest absolute Gasteiger partial charge is 0.355 e. The van der Waals surface area contributed by atoms with Crippen molar-refractivity contribution in [2.75, 3.05) is 19.1 Å². The van der Waals surface area contributed by atoms with Crippen LogP contribution in [0.3, 0.4) is 0 Å². The Bertz CT molecular complexity index is 1030. The van der Waals surface area contributed by atoms with Crippen molar-refractivity contribution in [2.45, 2.75) is 10.6 Å². The molecule has 0 amide bonds. The van der Waals surface area contributed by atoms with E-state index >= 15 is 0 Å². The third-order valence-electron chi connectivity index (χ3n) is 4.32. The van der Waals surface area contributed by atoms with Crippen molar-refractivity contribution in [3.05, 3.63) is 95.6 Å². The highest BCUT2D eigenvalue weighted by molar-refractivity contribution is 7.98. The molecule has 0 saturated carbocycles. The number of carbonyl (C=O) groups excluding carboxylic acids is 2. The predicted octanol–water partition coefficient (Wildman–Crippen LogP) is 4.61. The Kier molecular flexibility index (Phi) is 7.08. The Morgan fingerprint density at radius 3 is 2.37 bits per heavy atom. The van der Waals surface area contributed by atoms with Crippen LogP contribution < -0.4 is 4.90 Å². The summed E-state index contributed by atoms with van der Waals surface area (Å²) in [6.07, 6.45) is 6.59. The van der Waals surface area contributed by atoms with Crippen LogP contribution in [-0.4, -0.2) is 26.2 Å². The van der Waals surface area contributed by atoms with Crippen LogP contribution in [0.25, 0.3) is 0 Å². The molecule has 0 fully saturated rings. The van der Waals surface area contributed by atoms with E-state index in [-0.39, 0.29) is 17.1 Å². The van der Waals surface area contributed by atoms with Gasteiger partial charge in [-0.1, -0.05) is 30.3 Å². The third kappa shape index (κ3) is 4.80. The second kappa shape index (κ2) is 9.93. The summed E-state index contributed by atoms with van der Waals surface area (Å²) >= 11 is 1.53. The molecule has 0 radical (unpaired) electrons. The van der Waals surface area contributed by atoms with Crippen molar-refractivity contribution in [2.24, 2.45) is 0 Å². The minimum absolute atomic E-state index is 0.0594. The Morgan fingerprint density at radius 1 is 0.967 bits per heavy atom. The molecular formula is C23H20FNO4S. The fraction of sp³-hybridized carbons (Fsp3) is 0.130. The van der Waals surface area contributed by atoms with Crippen molar-refractivity contribution in [1.29, 1.82) is 0 Å². The van der Waals surface area contributed by atoms with E-state index in [2.05, 4.69) is 0 Å². The molecule has 0 N–H and O–H groups in total. The fourth-order valence-electron chi connectivity index (χ4n) is 2.87. The molecule has 0 spiro atoms. The minimum atomic E-state index is -0.662. The number of nitrogens with zero attached hydrogens (tertiary/aromatic N) is 1. The Labute approximate surface area is 178 Å². The number of methoxy groups -OCH3 is 2. The number of halogens is 1. The molecule has 7 heteroatoms. The quantitative estimate of drug-likeness (QED) is 0.498. The van der Waals surface area contributed by atoms with E-state index in [1.807, 2.05) is 24.3 Å². The van der Waals surface area contributed by atoms with Crippen LogP contribution in [0.15, 0.2) is 89.1 Å². The monoisotopic (exact) mass is 425 g/mol. The number of hydrogen-bond donors (Lipinski definition) is 0. The van der Waals surface area contributed by atoms with Gasteiger partial charge in [-0.2, -0.15) is 0 Å². The van der Waals surface area contributed by atoms with Gasteiger partial charge in [0.05, 0.1) is 25.5 Å². The average Bonchev–Trinajstić information content (AvgIpc) is 3.01. The van der Waals surface area contributed by atoms with Crippen LogP contribution in [-0.2, 0) is 24.8 Å². The number of esters is 2. The summed E-state index contributed by atoms with van der Waals surface area (Å²) in [4.78, 5) is 27.4. The average molecular weight is 425 g/mol. The molecule has 0 saturated heterocycles. The lowest BCUT2D eigenvalue weighted by Gasteiger charge is -2.25. The topological polar surface area (TPSA) is 55.8 Å². The molecule has 154 valence electrons. The highest BCUT2D eigenvalue weighted by Crippen LogP contribution is 2.36. The van der Waals surface area contributed by atoms with Crippen molar-refractivity contribution in [3.63, 3.8) is 0 Å². The number of anilines is 1. The highest BCUT2D eigenvalue weighted by Gasteiger charge is 2.28. The lowest BCUT2D eigenvalue weighted by Crippen LogP contribution is -2.27. The van der Waals surface area contributed by atoms with Crippen LogP contribution in [0.2, 0.25) is 0 Å². The zero-order valence-electron chi connectivity index (χ0n) is 16.5. The minimum Gasteiger partial charge on any atom is -0.465 e. The van der Waals surface area contributed by atoms with Gasteiger partial charge >= 0.3 is 11.9 Å². The van der Waals surface area contributed by atoms with E-state index < -0.39 is 11.9 Å². The van der Waals surface area contributed by atoms with Crippen molar-refractivity contribution < 1.29 is 23.5 Å². The first-order chi connectivity index (χ1) is 14.5. The summed E-state index contributed by atoms with van der Waals surface area (Å²) in [7, 11) is 2.52. The van der Waals surface area contributed by atoms with E-state index in [1.54, 1.807) is 35.4 Å². The van der Waals surface area contributed by atoms with Gasteiger partial charge in [-0.05, 0) is 42.0 Å². The lowest BCUT2D eigenvalue weighted by molar-refractivity contribution is -0.139. The Morgan fingerprint density at radius 2 is 1.67 bits per heavy atom. The van der Waals surface area contributed by atoms with E-state index in [9.17, 15) is 14.0 Å². The number of para-hydroxylation sites is 1. The SMILES string of the molecule is COC(=O)C1=C(C(=O)OC)N(c2ccccc2SCc2ccc(F)cc2)C=CC=C1. The van der Waals surface area contributed by atoms with E-state index in [0.29, 0.717) is 11.4 Å². The summed E-state index contributed by atoms with van der Waals surface area (Å²) in [6, 6.07) is 13.8. The number of carbonyl (C=O) groups is 2. The molecule has 5 nitrogen and oxygen atoms in total. The van der Waals surface area contributed by atoms with Crippen molar-refractivity contribution >= 4 is 29.4 Å². The summed E-state index contributed by atoms with van der Waals surface area (Å²) in [5.41, 5.74) is 1.81. The number of thioether (sulfide) groups is 1. The molecular weight excluding hydrogens is 405 g/mol. The maximum atomic E-state index is 13.2. The number of ether oxygens (including phenoxy) is 2. The fourth-order valence-corrected chi connectivity index (χ4v) is 3.87. The van der Waals surface area contributed by atoms with E-state index in [4.69, 9.17) is 9.47 Å². The normalized spacial score (nSPS) is 13.2. The largest absolute Gasteiger partial charge is 0.465 e. The van der Waals surface area contributed by atoms with Gasteiger partial charge in [0.25, 0.3) is 0 Å². The van der Waals surface area contributed by atoms with Crippen LogP contribution in [0.4, 0.5) is 10.1 Å². The number of benzene rings is 2. The Hall–Kier alpha value is -3.32. The number of hydrogen-bond acceptors (Lipinski definition) is 6. The first kappa shape index (κ1) is 21.4. The van der Waals surface area contributed by atoms with E-state index in [1.165, 1.54) is 44.2 Å². The molecule has 0 bridgehead atoms. The Balaban J connectivity index is 2.01. The summed E-state index contributed by atoms with van der Waals surface area (Å²) < 4.78 is 23.0. The molecule has 0 atom stereocenters. The predicted molar refractivity (Wildman–Crippen MR) is 114 cm³/mol. The molecule has 0 unspecified atom stereocenters. The number of rotatable bonds is 6. The second-order valence-corrected chi connectivity index (χ2v) is 7.22. The first-order valence-electron chi connectivity index (χ1n) is 9.06. The molecule has 2 aromatic rings. The van der Waals surface area contributed by atoms with Gasteiger partial charge in [-0.15, -0.1) is 11.8 Å².